The maximum atomic E-state index is 11.8. The highest BCUT2D eigenvalue weighted by molar-refractivity contribution is 14.1. The Labute approximate surface area is 143 Å². The Balaban J connectivity index is 2.41. The van der Waals surface area contributed by atoms with Gasteiger partial charge in [-0.3, -0.25) is 9.59 Å². The van der Waals surface area contributed by atoms with Gasteiger partial charge in [-0.1, -0.05) is 19.1 Å². The molecule has 1 aromatic carbocycles. The zero-order valence-electron chi connectivity index (χ0n) is 12.5. The molecule has 0 aliphatic rings. The van der Waals surface area contributed by atoms with Gasteiger partial charge in [-0.15, -0.1) is 0 Å². The van der Waals surface area contributed by atoms with Gasteiger partial charge in [-0.05, 0) is 48.1 Å². The van der Waals surface area contributed by atoms with E-state index in [0.717, 1.165) is 9.99 Å². The van der Waals surface area contributed by atoms with Gasteiger partial charge in [0.2, 0.25) is 5.91 Å². The van der Waals surface area contributed by atoms with E-state index in [1.807, 2.05) is 35.6 Å². The van der Waals surface area contributed by atoms with E-state index in [0.29, 0.717) is 12.1 Å². The zero-order chi connectivity index (χ0) is 16.5. The lowest BCUT2D eigenvalue weighted by molar-refractivity contribution is -0.130. The van der Waals surface area contributed by atoms with Crippen molar-refractivity contribution in [1.29, 1.82) is 0 Å². The van der Waals surface area contributed by atoms with Crippen LogP contribution in [-0.4, -0.2) is 37.0 Å². The molecule has 0 aromatic heterocycles. The summed E-state index contributed by atoms with van der Waals surface area (Å²) in [7, 11) is 0. The summed E-state index contributed by atoms with van der Waals surface area (Å²) in [4.78, 5) is 35.1. The monoisotopic (exact) mass is 418 g/mol. The fourth-order valence-electron chi connectivity index (χ4n) is 1.59. The molecule has 1 rings (SSSR count). The molecule has 2 amide bonds. The average molecular weight is 418 g/mol. The van der Waals surface area contributed by atoms with Gasteiger partial charge >= 0.3 is 5.97 Å². The number of benzene rings is 1. The van der Waals surface area contributed by atoms with Crippen LogP contribution in [0.2, 0.25) is 0 Å². The smallest absolute Gasteiger partial charge is 0.339 e. The second-order valence-electron chi connectivity index (χ2n) is 4.64. The molecule has 0 spiro atoms. The number of halogens is 1. The van der Waals surface area contributed by atoms with E-state index >= 15 is 0 Å². The highest BCUT2D eigenvalue weighted by Gasteiger charge is 2.17. The third-order valence-electron chi connectivity index (χ3n) is 2.75. The van der Waals surface area contributed by atoms with Crippen molar-refractivity contribution in [3.05, 3.63) is 33.4 Å². The number of carbonyl (C=O) groups excluding carboxylic acids is 3. The Bertz CT molecular complexity index is 548. The van der Waals surface area contributed by atoms with Gasteiger partial charge in [-0.25, -0.2) is 4.79 Å². The molecule has 120 valence electrons. The predicted molar refractivity (Wildman–Crippen MR) is 90.3 cm³/mol. The van der Waals surface area contributed by atoms with E-state index < -0.39 is 24.5 Å². The fraction of sp³-hybridized carbons (Fsp3) is 0.400. The largest absolute Gasteiger partial charge is 0.452 e. The second-order valence-corrected chi connectivity index (χ2v) is 5.80. The average Bonchev–Trinajstić information content (AvgIpc) is 2.50. The van der Waals surface area contributed by atoms with E-state index in [2.05, 4.69) is 10.6 Å². The second kappa shape index (κ2) is 9.39. The molecule has 0 aliphatic carbocycles. The normalized spacial score (nSPS) is 11.4. The topological polar surface area (TPSA) is 84.5 Å². The van der Waals surface area contributed by atoms with Crippen LogP contribution >= 0.6 is 22.6 Å². The minimum atomic E-state index is -0.672. The lowest BCUT2D eigenvalue weighted by Crippen LogP contribution is -2.46. The Morgan fingerprint density at radius 1 is 1.27 bits per heavy atom. The molecule has 1 aromatic rings. The minimum absolute atomic E-state index is 0.265. The third kappa shape index (κ3) is 6.00. The van der Waals surface area contributed by atoms with Gasteiger partial charge in [0.15, 0.2) is 6.61 Å². The van der Waals surface area contributed by atoms with Gasteiger partial charge < -0.3 is 15.4 Å². The SMILES string of the molecule is CCCNC(=O)[C@H](C)NC(=O)COC(=O)c1ccccc1I. The fourth-order valence-corrected chi connectivity index (χ4v) is 2.19. The highest BCUT2D eigenvalue weighted by Crippen LogP contribution is 2.12. The van der Waals surface area contributed by atoms with Crippen LogP contribution in [0.5, 0.6) is 0 Å². The maximum absolute atomic E-state index is 11.8. The number of carbonyl (C=O) groups is 3. The molecule has 0 unspecified atom stereocenters. The van der Waals surface area contributed by atoms with Crippen LogP contribution in [0.1, 0.15) is 30.6 Å². The summed E-state index contributed by atoms with van der Waals surface area (Å²) in [6.45, 7) is 3.65. The van der Waals surface area contributed by atoms with E-state index in [9.17, 15) is 14.4 Å². The van der Waals surface area contributed by atoms with Gasteiger partial charge in [0, 0.05) is 10.1 Å². The first-order valence-electron chi connectivity index (χ1n) is 6.94. The summed E-state index contributed by atoms with van der Waals surface area (Å²) < 4.78 is 5.69. The number of amides is 2. The molecule has 0 fully saturated rings. The van der Waals surface area contributed by atoms with E-state index in [-0.39, 0.29) is 5.91 Å². The van der Waals surface area contributed by atoms with Crippen molar-refractivity contribution in [3.8, 4) is 0 Å². The summed E-state index contributed by atoms with van der Waals surface area (Å²) in [5, 5.41) is 5.15. The third-order valence-corrected chi connectivity index (χ3v) is 3.69. The van der Waals surface area contributed by atoms with Crippen molar-refractivity contribution >= 4 is 40.4 Å². The molecule has 0 bridgehead atoms. The van der Waals surface area contributed by atoms with E-state index in [4.69, 9.17) is 4.74 Å². The summed E-state index contributed by atoms with van der Waals surface area (Å²) in [5.41, 5.74) is 0.407. The van der Waals surface area contributed by atoms with Gasteiger partial charge in [0.25, 0.3) is 5.91 Å². The first-order chi connectivity index (χ1) is 10.5. The van der Waals surface area contributed by atoms with Crippen LogP contribution in [0.4, 0.5) is 0 Å². The van der Waals surface area contributed by atoms with Crippen molar-refractivity contribution in [2.45, 2.75) is 26.3 Å². The molecular formula is C15H19IN2O4. The Hall–Kier alpha value is -1.64. The lowest BCUT2D eigenvalue weighted by atomic mass is 10.2. The minimum Gasteiger partial charge on any atom is -0.452 e. The first kappa shape index (κ1) is 18.4. The molecule has 1 atom stereocenters. The van der Waals surface area contributed by atoms with Gasteiger partial charge in [-0.2, -0.15) is 0 Å². The summed E-state index contributed by atoms with van der Waals surface area (Å²) in [6, 6.07) is 6.26. The number of ether oxygens (including phenoxy) is 1. The number of hydrogen-bond acceptors (Lipinski definition) is 4. The standard InChI is InChI=1S/C15H19IN2O4/c1-3-8-17-14(20)10(2)18-13(19)9-22-15(21)11-6-4-5-7-12(11)16/h4-7,10H,3,8-9H2,1-2H3,(H,17,20)(H,18,19)/t10-/m0/s1. The number of rotatable bonds is 7. The molecular weight excluding hydrogens is 399 g/mol. The highest BCUT2D eigenvalue weighted by atomic mass is 127. The van der Waals surface area contributed by atoms with Crippen molar-refractivity contribution in [2.24, 2.45) is 0 Å². The number of nitrogens with one attached hydrogen (secondary N) is 2. The van der Waals surface area contributed by atoms with E-state index in [1.165, 1.54) is 0 Å². The molecule has 0 saturated heterocycles. The molecule has 0 saturated carbocycles. The van der Waals surface area contributed by atoms with Crippen LogP contribution in [0.15, 0.2) is 24.3 Å². The van der Waals surface area contributed by atoms with Crippen LogP contribution in [0.25, 0.3) is 0 Å². The maximum Gasteiger partial charge on any atom is 0.339 e. The lowest BCUT2D eigenvalue weighted by Gasteiger charge is -2.14. The molecule has 7 heteroatoms. The first-order valence-corrected chi connectivity index (χ1v) is 8.02. The quantitative estimate of drug-likeness (QED) is 0.519. The van der Waals surface area contributed by atoms with Crippen molar-refractivity contribution in [3.63, 3.8) is 0 Å². The van der Waals surface area contributed by atoms with Crippen molar-refractivity contribution in [2.75, 3.05) is 13.2 Å². The molecule has 0 heterocycles. The molecule has 22 heavy (non-hydrogen) atoms. The van der Waals surface area contributed by atoms with Crippen LogP contribution in [0.3, 0.4) is 0 Å². The number of hydrogen-bond donors (Lipinski definition) is 2. The van der Waals surface area contributed by atoms with Crippen LogP contribution in [-0.2, 0) is 14.3 Å². The van der Waals surface area contributed by atoms with Gasteiger partial charge in [0.1, 0.15) is 6.04 Å². The molecule has 2 N–H and O–H groups in total. The zero-order valence-corrected chi connectivity index (χ0v) is 14.7. The predicted octanol–water partition coefficient (Wildman–Crippen LogP) is 1.48. The summed E-state index contributed by atoms with van der Waals surface area (Å²) >= 11 is 2.02. The van der Waals surface area contributed by atoms with Crippen molar-refractivity contribution in [1.82, 2.24) is 10.6 Å². The van der Waals surface area contributed by atoms with Crippen molar-refractivity contribution < 1.29 is 19.1 Å². The van der Waals surface area contributed by atoms with Crippen LogP contribution in [0, 0.1) is 3.57 Å². The Morgan fingerprint density at radius 3 is 2.59 bits per heavy atom. The Kier molecular flexibility index (Phi) is 7.86. The molecule has 6 nitrogen and oxygen atoms in total. The molecule has 0 radical (unpaired) electrons. The Morgan fingerprint density at radius 2 is 1.95 bits per heavy atom. The summed E-state index contributed by atoms with van der Waals surface area (Å²) in [6.07, 6.45) is 0.819. The van der Waals surface area contributed by atoms with Gasteiger partial charge in [0.05, 0.1) is 5.56 Å². The number of esters is 1. The van der Waals surface area contributed by atoms with E-state index in [1.54, 1.807) is 25.1 Å². The summed E-state index contributed by atoms with van der Waals surface area (Å²) in [5.74, 6) is -1.35. The van der Waals surface area contributed by atoms with Crippen LogP contribution < -0.4 is 10.6 Å². The molecule has 0 aliphatic heterocycles.